The fourth-order valence-corrected chi connectivity index (χ4v) is 2.22. The molecule has 1 fully saturated rings. The van der Waals surface area contributed by atoms with E-state index in [0.717, 1.165) is 25.3 Å². The van der Waals surface area contributed by atoms with Crippen LogP contribution in [0.1, 0.15) is 25.5 Å². The first-order chi connectivity index (χ1) is 8.23. The van der Waals surface area contributed by atoms with Crippen LogP contribution in [0.5, 0.6) is 0 Å². The number of nitrogens with zero attached hydrogens (tertiary/aromatic N) is 2. The predicted octanol–water partition coefficient (Wildman–Crippen LogP) is 1.75. The summed E-state index contributed by atoms with van der Waals surface area (Å²) in [6.07, 6.45) is 4.08. The largest absolute Gasteiger partial charge is 0.382 e. The van der Waals surface area contributed by atoms with Crippen molar-refractivity contribution in [2.45, 2.75) is 19.8 Å². The Morgan fingerprint density at radius 1 is 1.65 bits per heavy atom. The Morgan fingerprint density at radius 2 is 2.53 bits per heavy atom. The molecule has 4 nitrogen and oxygen atoms in total. The Balaban J connectivity index is 2.00. The van der Waals surface area contributed by atoms with Crippen LogP contribution in [0.15, 0.2) is 18.3 Å². The monoisotopic (exact) mass is 230 g/mol. The molecule has 0 aliphatic carbocycles. The van der Waals surface area contributed by atoms with Crippen molar-refractivity contribution in [1.82, 2.24) is 10.3 Å². The van der Waals surface area contributed by atoms with Gasteiger partial charge in [-0.1, -0.05) is 6.92 Å². The molecule has 17 heavy (non-hydrogen) atoms. The van der Waals surface area contributed by atoms with E-state index in [9.17, 15) is 0 Å². The number of nitriles is 1. The highest BCUT2D eigenvalue weighted by molar-refractivity contribution is 5.53. The molecule has 0 radical (unpaired) electrons. The molecular formula is C13H18N4. The zero-order valence-electron chi connectivity index (χ0n) is 10.2. The molecule has 2 heterocycles. The number of aromatic nitrogens is 1. The smallest absolute Gasteiger partial charge is 0.163 e. The van der Waals surface area contributed by atoms with Crippen LogP contribution in [0.3, 0.4) is 0 Å². The molecule has 1 aliphatic rings. The van der Waals surface area contributed by atoms with Crippen molar-refractivity contribution >= 4 is 5.69 Å². The van der Waals surface area contributed by atoms with Gasteiger partial charge in [-0.15, -0.1) is 0 Å². The third kappa shape index (κ3) is 2.95. The summed E-state index contributed by atoms with van der Waals surface area (Å²) < 4.78 is 0. The Labute approximate surface area is 102 Å². The molecule has 0 amide bonds. The SMILES string of the molecule is CC1(CNc2cccnc2C#N)CCCNC1. The Hall–Kier alpha value is -1.60. The van der Waals surface area contributed by atoms with Crippen LogP contribution in [0.25, 0.3) is 0 Å². The topological polar surface area (TPSA) is 60.7 Å². The Morgan fingerprint density at radius 3 is 3.24 bits per heavy atom. The van der Waals surface area contributed by atoms with Gasteiger partial charge in [0.05, 0.1) is 5.69 Å². The van der Waals surface area contributed by atoms with Crippen molar-refractivity contribution in [1.29, 1.82) is 5.26 Å². The minimum absolute atomic E-state index is 0.265. The van der Waals surface area contributed by atoms with Crippen LogP contribution in [-0.2, 0) is 0 Å². The van der Waals surface area contributed by atoms with Gasteiger partial charge in [-0.2, -0.15) is 5.26 Å². The number of hydrogen-bond acceptors (Lipinski definition) is 4. The van der Waals surface area contributed by atoms with Crippen molar-refractivity contribution in [2.24, 2.45) is 5.41 Å². The van der Waals surface area contributed by atoms with Crippen molar-refractivity contribution in [3.8, 4) is 6.07 Å². The van der Waals surface area contributed by atoms with Gasteiger partial charge in [-0.3, -0.25) is 0 Å². The first-order valence-electron chi connectivity index (χ1n) is 6.03. The molecule has 1 aromatic heterocycles. The zero-order valence-corrected chi connectivity index (χ0v) is 10.2. The molecule has 1 unspecified atom stereocenters. The van der Waals surface area contributed by atoms with E-state index in [4.69, 9.17) is 5.26 Å². The molecular weight excluding hydrogens is 212 g/mol. The summed E-state index contributed by atoms with van der Waals surface area (Å²) in [5, 5.41) is 15.7. The Kier molecular flexibility index (Phi) is 3.60. The lowest BCUT2D eigenvalue weighted by Crippen LogP contribution is -2.42. The van der Waals surface area contributed by atoms with Crippen LogP contribution < -0.4 is 10.6 Å². The van der Waals surface area contributed by atoms with Crippen LogP contribution in [-0.4, -0.2) is 24.6 Å². The molecule has 2 N–H and O–H groups in total. The third-order valence-electron chi connectivity index (χ3n) is 3.30. The summed E-state index contributed by atoms with van der Waals surface area (Å²) in [4.78, 5) is 4.04. The second kappa shape index (κ2) is 5.15. The lowest BCUT2D eigenvalue weighted by Gasteiger charge is -2.34. The van der Waals surface area contributed by atoms with Gasteiger partial charge in [-0.05, 0) is 36.9 Å². The van der Waals surface area contributed by atoms with Crippen LogP contribution in [0.2, 0.25) is 0 Å². The van der Waals surface area contributed by atoms with E-state index in [2.05, 4.69) is 28.6 Å². The fourth-order valence-electron chi connectivity index (χ4n) is 2.22. The predicted molar refractivity (Wildman–Crippen MR) is 67.7 cm³/mol. The van der Waals surface area contributed by atoms with E-state index in [1.54, 1.807) is 6.20 Å². The van der Waals surface area contributed by atoms with Gasteiger partial charge >= 0.3 is 0 Å². The highest BCUT2D eigenvalue weighted by Crippen LogP contribution is 2.26. The summed E-state index contributed by atoms with van der Waals surface area (Å²) in [6, 6.07) is 5.87. The van der Waals surface area contributed by atoms with E-state index in [0.29, 0.717) is 5.69 Å². The molecule has 0 saturated carbocycles. The molecule has 0 spiro atoms. The van der Waals surface area contributed by atoms with Crippen molar-refractivity contribution in [3.63, 3.8) is 0 Å². The zero-order chi connectivity index (χ0) is 12.1. The van der Waals surface area contributed by atoms with Gasteiger partial charge in [0.1, 0.15) is 6.07 Å². The molecule has 1 atom stereocenters. The molecule has 0 aromatic carbocycles. The first-order valence-corrected chi connectivity index (χ1v) is 6.03. The average molecular weight is 230 g/mol. The van der Waals surface area contributed by atoms with Gasteiger partial charge in [0.25, 0.3) is 0 Å². The normalized spacial score (nSPS) is 24.0. The van der Waals surface area contributed by atoms with E-state index in [1.165, 1.54) is 12.8 Å². The highest BCUT2D eigenvalue weighted by atomic mass is 15.0. The molecule has 0 bridgehead atoms. The highest BCUT2D eigenvalue weighted by Gasteiger charge is 2.26. The number of pyridine rings is 1. The van der Waals surface area contributed by atoms with Gasteiger partial charge in [0, 0.05) is 19.3 Å². The summed E-state index contributed by atoms with van der Waals surface area (Å²) in [5.74, 6) is 0. The number of anilines is 1. The van der Waals surface area contributed by atoms with Crippen molar-refractivity contribution in [2.75, 3.05) is 25.0 Å². The average Bonchev–Trinajstić information content (AvgIpc) is 2.38. The van der Waals surface area contributed by atoms with E-state index >= 15 is 0 Å². The lowest BCUT2D eigenvalue weighted by atomic mass is 9.83. The van der Waals surface area contributed by atoms with Crippen LogP contribution >= 0.6 is 0 Å². The number of nitrogens with one attached hydrogen (secondary N) is 2. The van der Waals surface area contributed by atoms with Crippen LogP contribution in [0, 0.1) is 16.7 Å². The standard InChI is InChI=1S/C13H18N4/c1-13(5-3-6-15-9-13)10-17-11-4-2-7-16-12(11)8-14/h2,4,7,15,17H,3,5-6,9-10H2,1H3. The van der Waals surface area contributed by atoms with E-state index in [1.807, 2.05) is 12.1 Å². The van der Waals surface area contributed by atoms with Gasteiger partial charge in [0.15, 0.2) is 5.69 Å². The van der Waals surface area contributed by atoms with E-state index in [-0.39, 0.29) is 5.41 Å². The summed E-state index contributed by atoms with van der Waals surface area (Å²) in [6.45, 7) is 5.29. The maximum Gasteiger partial charge on any atom is 0.163 e. The molecule has 1 aliphatic heterocycles. The summed E-state index contributed by atoms with van der Waals surface area (Å²) in [5.41, 5.74) is 1.57. The van der Waals surface area contributed by atoms with Crippen LogP contribution in [0.4, 0.5) is 5.69 Å². The molecule has 1 aromatic rings. The maximum atomic E-state index is 8.95. The number of rotatable bonds is 3. The minimum Gasteiger partial charge on any atom is -0.382 e. The number of hydrogen-bond donors (Lipinski definition) is 2. The lowest BCUT2D eigenvalue weighted by molar-refractivity contribution is 0.253. The second-order valence-electron chi connectivity index (χ2n) is 4.96. The van der Waals surface area contributed by atoms with Gasteiger partial charge < -0.3 is 10.6 Å². The molecule has 90 valence electrons. The van der Waals surface area contributed by atoms with Gasteiger partial charge in [0.2, 0.25) is 0 Å². The first kappa shape index (κ1) is 11.9. The molecule has 2 rings (SSSR count). The quantitative estimate of drug-likeness (QED) is 0.830. The summed E-state index contributed by atoms with van der Waals surface area (Å²) in [7, 11) is 0. The van der Waals surface area contributed by atoms with E-state index < -0.39 is 0 Å². The fraction of sp³-hybridized carbons (Fsp3) is 0.538. The summed E-state index contributed by atoms with van der Waals surface area (Å²) >= 11 is 0. The number of piperidine rings is 1. The minimum atomic E-state index is 0.265. The van der Waals surface area contributed by atoms with Crippen molar-refractivity contribution < 1.29 is 0 Å². The third-order valence-corrected chi connectivity index (χ3v) is 3.30. The maximum absolute atomic E-state index is 8.95. The molecule has 1 saturated heterocycles. The Bertz CT molecular complexity index is 416. The second-order valence-corrected chi connectivity index (χ2v) is 4.96. The van der Waals surface area contributed by atoms with Crippen molar-refractivity contribution in [3.05, 3.63) is 24.0 Å². The molecule has 4 heteroatoms. The van der Waals surface area contributed by atoms with Gasteiger partial charge in [-0.25, -0.2) is 4.98 Å².